The highest BCUT2D eigenvalue weighted by molar-refractivity contribution is 8.02. The van der Waals surface area contributed by atoms with Gasteiger partial charge in [-0.25, -0.2) is 4.99 Å². The van der Waals surface area contributed by atoms with Crippen molar-refractivity contribution in [2.75, 3.05) is 0 Å². The predicted octanol–water partition coefficient (Wildman–Crippen LogP) is 2.46. The smallest absolute Gasteiger partial charge is 0.263 e. The van der Waals surface area contributed by atoms with Gasteiger partial charge in [-0.15, -0.1) is 10.2 Å². The van der Waals surface area contributed by atoms with Crippen LogP contribution in [0.25, 0.3) is 0 Å². The van der Waals surface area contributed by atoms with E-state index in [1.165, 1.54) is 13.8 Å². The van der Waals surface area contributed by atoms with Crippen LogP contribution in [0.1, 0.15) is 37.8 Å². The SMILES string of the molecule is CC(=O)N1N=C(c2ccc(Cl)c(C)c2)CC(Sc2nnc(/N=C3/CC(=O)N(C(C)=O)N3)s2)C1=O. The van der Waals surface area contributed by atoms with E-state index in [0.717, 1.165) is 44.2 Å². The van der Waals surface area contributed by atoms with Crippen LogP contribution >= 0.6 is 34.7 Å². The van der Waals surface area contributed by atoms with E-state index in [4.69, 9.17) is 11.6 Å². The lowest BCUT2D eigenvalue weighted by atomic mass is 10.0. The molecule has 4 amide bonds. The standard InChI is InChI=1S/C20H18ClN7O4S2/c1-9-6-12(4-5-13(9)21)14-7-15(18(32)28(25-14)11(3)30)33-20-24-23-19(34-20)22-16-8-17(31)27(26-16)10(2)29/h4-6,15H,7-8H2,1-3H3,(H,22,23,26). The number of aryl methyl sites for hydroxylation is 1. The molecule has 1 unspecified atom stereocenters. The van der Waals surface area contributed by atoms with Crippen molar-refractivity contribution in [2.24, 2.45) is 10.1 Å². The van der Waals surface area contributed by atoms with Crippen molar-refractivity contribution in [3.05, 3.63) is 34.3 Å². The lowest BCUT2D eigenvalue weighted by molar-refractivity contribution is -0.145. The summed E-state index contributed by atoms with van der Waals surface area (Å²) in [5, 5.41) is 14.3. The molecule has 2 aliphatic rings. The number of imide groups is 2. The second-order valence-electron chi connectivity index (χ2n) is 7.44. The van der Waals surface area contributed by atoms with Crippen LogP contribution < -0.4 is 5.43 Å². The molecule has 0 bridgehead atoms. The van der Waals surface area contributed by atoms with Gasteiger partial charge in [-0.1, -0.05) is 40.8 Å². The average molecular weight is 520 g/mol. The van der Waals surface area contributed by atoms with Gasteiger partial charge >= 0.3 is 0 Å². The van der Waals surface area contributed by atoms with Crippen LogP contribution in [0, 0.1) is 6.92 Å². The van der Waals surface area contributed by atoms with Gasteiger partial charge in [0.1, 0.15) is 5.84 Å². The highest BCUT2D eigenvalue weighted by Gasteiger charge is 2.35. The first kappa shape index (κ1) is 24.0. The number of amides is 4. The topological polar surface area (TPSA) is 137 Å². The molecule has 11 nitrogen and oxygen atoms in total. The maximum Gasteiger partial charge on any atom is 0.263 e. The Labute approximate surface area is 207 Å². The summed E-state index contributed by atoms with van der Waals surface area (Å²) in [6, 6.07) is 5.40. The van der Waals surface area contributed by atoms with Gasteiger partial charge in [0, 0.05) is 25.3 Å². The fourth-order valence-corrected chi connectivity index (χ4v) is 5.36. The Balaban J connectivity index is 1.53. The van der Waals surface area contributed by atoms with Crippen molar-refractivity contribution in [3.8, 4) is 0 Å². The zero-order valence-electron chi connectivity index (χ0n) is 18.2. The van der Waals surface area contributed by atoms with Gasteiger partial charge in [0.2, 0.25) is 16.9 Å². The number of carbonyl (C=O) groups excluding carboxylic acids is 4. The van der Waals surface area contributed by atoms with Crippen LogP contribution in [0.2, 0.25) is 5.02 Å². The second-order valence-corrected chi connectivity index (χ2v) is 10.2. The van der Waals surface area contributed by atoms with Crippen molar-refractivity contribution in [1.29, 1.82) is 0 Å². The monoisotopic (exact) mass is 519 g/mol. The number of aliphatic imine (C=N–C) groups is 1. The number of benzene rings is 1. The summed E-state index contributed by atoms with van der Waals surface area (Å²) in [7, 11) is 0. The van der Waals surface area contributed by atoms with Gasteiger partial charge in [-0.3, -0.25) is 24.6 Å². The van der Waals surface area contributed by atoms with Crippen LogP contribution in [0.5, 0.6) is 0 Å². The van der Waals surface area contributed by atoms with Gasteiger partial charge in [0.25, 0.3) is 11.8 Å². The number of amidine groups is 1. The Morgan fingerprint density at radius 2 is 2.00 bits per heavy atom. The molecule has 0 aliphatic carbocycles. The van der Waals surface area contributed by atoms with Crippen LogP contribution in [0.3, 0.4) is 0 Å². The molecule has 1 N–H and O–H groups in total. The molecule has 1 atom stereocenters. The molecule has 1 aromatic carbocycles. The molecule has 0 radical (unpaired) electrons. The zero-order valence-corrected chi connectivity index (χ0v) is 20.6. The third kappa shape index (κ3) is 5.00. The first-order valence-electron chi connectivity index (χ1n) is 9.99. The molecular weight excluding hydrogens is 502 g/mol. The number of hydrogen-bond acceptors (Lipinski definition) is 10. The van der Waals surface area contributed by atoms with Gasteiger partial charge < -0.3 is 0 Å². The fraction of sp³-hybridized carbons (Fsp3) is 0.300. The van der Waals surface area contributed by atoms with Crippen molar-refractivity contribution in [3.63, 3.8) is 0 Å². The lowest BCUT2D eigenvalue weighted by Crippen LogP contribution is -2.43. The molecule has 1 aromatic heterocycles. The predicted molar refractivity (Wildman–Crippen MR) is 127 cm³/mol. The van der Waals surface area contributed by atoms with E-state index in [2.05, 4.69) is 25.7 Å². The number of hydrazone groups is 1. The van der Waals surface area contributed by atoms with Gasteiger partial charge in [-0.2, -0.15) is 15.1 Å². The van der Waals surface area contributed by atoms with Crippen LogP contribution in [0.15, 0.2) is 32.6 Å². The fourth-order valence-electron chi connectivity index (χ4n) is 3.23. The van der Waals surface area contributed by atoms with Gasteiger partial charge in [0.05, 0.1) is 17.4 Å². The molecule has 0 saturated carbocycles. The van der Waals surface area contributed by atoms with Crippen molar-refractivity contribution in [2.45, 2.75) is 43.2 Å². The lowest BCUT2D eigenvalue weighted by Gasteiger charge is -2.26. The van der Waals surface area contributed by atoms with E-state index in [9.17, 15) is 19.2 Å². The van der Waals surface area contributed by atoms with Gasteiger partial charge in [0.15, 0.2) is 4.34 Å². The Morgan fingerprint density at radius 3 is 2.65 bits per heavy atom. The highest BCUT2D eigenvalue weighted by Crippen LogP contribution is 2.35. The summed E-state index contributed by atoms with van der Waals surface area (Å²) in [5.74, 6) is -1.52. The van der Waals surface area contributed by atoms with E-state index < -0.39 is 28.9 Å². The number of carbonyl (C=O) groups is 4. The van der Waals surface area contributed by atoms with Crippen LogP contribution in [0.4, 0.5) is 5.13 Å². The Bertz CT molecular complexity index is 1280. The summed E-state index contributed by atoms with van der Waals surface area (Å²) in [4.78, 5) is 52.5. The maximum atomic E-state index is 12.9. The first-order chi connectivity index (χ1) is 16.1. The number of hydrazine groups is 1. The minimum Gasteiger partial charge on any atom is -0.275 e. The summed E-state index contributed by atoms with van der Waals surface area (Å²) in [6.07, 6.45) is 0.220. The zero-order chi connectivity index (χ0) is 24.6. The Morgan fingerprint density at radius 1 is 1.24 bits per heavy atom. The number of thioether (sulfide) groups is 1. The summed E-state index contributed by atoms with van der Waals surface area (Å²) in [6.45, 7) is 4.41. The summed E-state index contributed by atoms with van der Waals surface area (Å²) >= 11 is 8.40. The number of rotatable bonds is 4. The first-order valence-corrected chi connectivity index (χ1v) is 12.1. The second kappa shape index (κ2) is 9.60. The third-order valence-corrected chi connectivity index (χ3v) is 7.38. The molecule has 14 heteroatoms. The van der Waals surface area contributed by atoms with Crippen LogP contribution in [-0.2, 0) is 19.2 Å². The minimum atomic E-state index is -0.653. The highest BCUT2D eigenvalue weighted by atomic mass is 35.5. The van der Waals surface area contributed by atoms with E-state index >= 15 is 0 Å². The van der Waals surface area contributed by atoms with Crippen molar-refractivity contribution in [1.82, 2.24) is 25.6 Å². The maximum absolute atomic E-state index is 12.9. The molecule has 2 aliphatic heterocycles. The minimum absolute atomic E-state index is 0.0589. The molecule has 0 spiro atoms. The molecule has 1 saturated heterocycles. The quantitative estimate of drug-likeness (QED) is 0.650. The number of halogens is 1. The molecule has 176 valence electrons. The molecule has 3 heterocycles. The molecule has 1 fully saturated rings. The molecule has 4 rings (SSSR count). The molecular formula is C20H18ClN7O4S2. The van der Waals surface area contributed by atoms with E-state index in [1.807, 2.05) is 13.0 Å². The summed E-state index contributed by atoms with van der Waals surface area (Å²) in [5.41, 5.74) is 4.83. The Kier molecular flexibility index (Phi) is 6.77. The third-order valence-electron chi connectivity index (χ3n) is 4.87. The summed E-state index contributed by atoms with van der Waals surface area (Å²) < 4.78 is 0.461. The van der Waals surface area contributed by atoms with Gasteiger partial charge in [-0.05, 0) is 30.2 Å². The Hall–Kier alpha value is -3.16. The van der Waals surface area contributed by atoms with E-state index in [1.54, 1.807) is 12.1 Å². The van der Waals surface area contributed by atoms with E-state index in [-0.39, 0.29) is 23.8 Å². The van der Waals surface area contributed by atoms with Crippen LogP contribution in [-0.4, -0.2) is 60.6 Å². The largest absolute Gasteiger partial charge is 0.275 e. The molecule has 2 aromatic rings. The molecule has 34 heavy (non-hydrogen) atoms. The number of aromatic nitrogens is 2. The average Bonchev–Trinajstić information content (AvgIpc) is 3.37. The van der Waals surface area contributed by atoms with Crippen molar-refractivity contribution >= 4 is 75.0 Å². The van der Waals surface area contributed by atoms with Crippen molar-refractivity contribution < 1.29 is 19.2 Å². The normalized spacial score (nSPS) is 19.5. The number of hydrogen-bond donors (Lipinski definition) is 1. The number of nitrogens with zero attached hydrogens (tertiary/aromatic N) is 6. The number of nitrogens with one attached hydrogen (secondary N) is 1. The van der Waals surface area contributed by atoms with E-state index in [0.29, 0.717) is 15.1 Å².